The van der Waals surface area contributed by atoms with Crippen LogP contribution in [0.4, 0.5) is 0 Å². The summed E-state index contributed by atoms with van der Waals surface area (Å²) in [6.07, 6.45) is 2.36. The Balaban J connectivity index is 0.00000341. The molecule has 7 nitrogen and oxygen atoms in total. The molecule has 0 aromatic carbocycles. The van der Waals surface area contributed by atoms with E-state index in [0.717, 1.165) is 84.6 Å². The van der Waals surface area contributed by atoms with E-state index < -0.39 is 0 Å². The van der Waals surface area contributed by atoms with Crippen LogP contribution in [-0.2, 0) is 14.2 Å². The number of hydrogen-bond donors (Lipinski definition) is 2. The highest BCUT2D eigenvalue weighted by Gasteiger charge is 2.26. The summed E-state index contributed by atoms with van der Waals surface area (Å²) in [5.74, 6) is 1.46. The summed E-state index contributed by atoms with van der Waals surface area (Å²) in [6, 6.07) is 4.64. The van der Waals surface area contributed by atoms with Crippen molar-refractivity contribution >= 4 is 41.3 Å². The summed E-state index contributed by atoms with van der Waals surface area (Å²) in [7, 11) is 0. The minimum Gasteiger partial charge on any atom is -0.381 e. The average Bonchev–Trinajstić information content (AvgIpc) is 3.45. The zero-order valence-corrected chi connectivity index (χ0v) is 22.0. The van der Waals surface area contributed by atoms with E-state index in [1.807, 2.05) is 11.3 Å². The third-order valence-electron chi connectivity index (χ3n) is 5.49. The summed E-state index contributed by atoms with van der Waals surface area (Å²) in [5.41, 5.74) is 0. The Morgan fingerprint density at radius 2 is 2.29 bits per heavy atom. The molecule has 2 aliphatic heterocycles. The highest BCUT2D eigenvalue weighted by molar-refractivity contribution is 14.0. The van der Waals surface area contributed by atoms with E-state index in [2.05, 4.69) is 46.9 Å². The molecule has 0 bridgehead atoms. The Bertz CT molecular complexity index is 614. The van der Waals surface area contributed by atoms with Crippen molar-refractivity contribution in [3.8, 4) is 0 Å². The van der Waals surface area contributed by atoms with Gasteiger partial charge in [-0.25, -0.2) is 0 Å². The zero-order chi connectivity index (χ0) is 21.0. The molecule has 31 heavy (non-hydrogen) atoms. The quantitative estimate of drug-likeness (QED) is 0.186. The molecular weight excluding hydrogens is 527 g/mol. The van der Waals surface area contributed by atoms with Crippen LogP contribution in [-0.4, -0.2) is 82.7 Å². The van der Waals surface area contributed by atoms with Gasteiger partial charge in [-0.3, -0.25) is 9.89 Å². The van der Waals surface area contributed by atoms with Crippen molar-refractivity contribution in [2.75, 3.05) is 65.8 Å². The van der Waals surface area contributed by atoms with E-state index >= 15 is 0 Å². The van der Waals surface area contributed by atoms with Crippen molar-refractivity contribution in [2.24, 2.45) is 10.9 Å². The summed E-state index contributed by atoms with van der Waals surface area (Å²) in [5, 5.41) is 8.98. The summed E-state index contributed by atoms with van der Waals surface area (Å²) in [6.45, 7) is 12.7. The third-order valence-corrected chi connectivity index (χ3v) is 6.46. The van der Waals surface area contributed by atoms with Crippen LogP contribution in [0.15, 0.2) is 22.5 Å². The van der Waals surface area contributed by atoms with Gasteiger partial charge in [-0.05, 0) is 38.1 Å². The molecule has 3 atom stereocenters. The fraction of sp³-hybridized carbons (Fsp3) is 0.773. The molecule has 1 aromatic rings. The maximum absolute atomic E-state index is 5.80. The Morgan fingerprint density at radius 3 is 3.00 bits per heavy atom. The molecule has 2 N–H and O–H groups in total. The topological polar surface area (TPSA) is 67.4 Å². The summed E-state index contributed by atoms with van der Waals surface area (Å²) in [4.78, 5) is 8.79. The zero-order valence-electron chi connectivity index (χ0n) is 18.9. The van der Waals surface area contributed by atoms with Gasteiger partial charge in [0.25, 0.3) is 0 Å². The fourth-order valence-electron chi connectivity index (χ4n) is 3.86. The molecular formula is C22H39IN4O3S. The second-order valence-corrected chi connectivity index (χ2v) is 8.99. The van der Waals surface area contributed by atoms with E-state index in [1.165, 1.54) is 4.88 Å². The highest BCUT2D eigenvalue weighted by atomic mass is 127. The largest absolute Gasteiger partial charge is 0.381 e. The molecule has 0 spiro atoms. The lowest BCUT2D eigenvalue weighted by molar-refractivity contribution is -0.0327. The SMILES string of the molecule is CCNC(=NCC(c1cccs1)N1CCOC(C)C1)NCCCOCC1CCOC1.I. The Labute approximate surface area is 208 Å². The Kier molecular flexibility index (Phi) is 13.3. The van der Waals surface area contributed by atoms with Crippen molar-refractivity contribution in [3.05, 3.63) is 22.4 Å². The summed E-state index contributed by atoms with van der Waals surface area (Å²) < 4.78 is 16.9. The first-order valence-corrected chi connectivity index (χ1v) is 12.2. The molecule has 0 saturated carbocycles. The molecule has 3 unspecified atom stereocenters. The molecule has 178 valence electrons. The number of aliphatic imine (C=N–C) groups is 1. The van der Waals surface area contributed by atoms with E-state index in [1.54, 1.807) is 0 Å². The van der Waals surface area contributed by atoms with E-state index in [0.29, 0.717) is 12.0 Å². The second-order valence-electron chi connectivity index (χ2n) is 8.01. The molecule has 9 heteroatoms. The van der Waals surface area contributed by atoms with E-state index in [-0.39, 0.29) is 30.1 Å². The minimum atomic E-state index is 0. The van der Waals surface area contributed by atoms with Crippen LogP contribution in [0.1, 0.15) is 37.6 Å². The predicted octanol–water partition coefficient (Wildman–Crippen LogP) is 3.13. The first kappa shape index (κ1) is 26.8. The van der Waals surface area contributed by atoms with Gasteiger partial charge < -0.3 is 24.8 Å². The summed E-state index contributed by atoms with van der Waals surface area (Å²) >= 11 is 1.81. The fourth-order valence-corrected chi connectivity index (χ4v) is 4.71. The van der Waals surface area contributed by atoms with Crippen molar-refractivity contribution in [1.82, 2.24) is 15.5 Å². The van der Waals surface area contributed by atoms with Crippen molar-refractivity contribution in [2.45, 2.75) is 38.8 Å². The number of thiophene rings is 1. The molecule has 3 heterocycles. The van der Waals surface area contributed by atoms with Gasteiger partial charge in [0.15, 0.2) is 5.96 Å². The van der Waals surface area contributed by atoms with Gasteiger partial charge >= 0.3 is 0 Å². The molecule has 2 fully saturated rings. The van der Waals surface area contributed by atoms with Crippen LogP contribution in [0.5, 0.6) is 0 Å². The number of rotatable bonds is 11. The smallest absolute Gasteiger partial charge is 0.191 e. The standard InChI is InChI=1S/C22H38N4O3S.HI/c1-3-23-22(24-8-5-10-27-16-19-7-11-28-17-19)25-14-20(21-6-4-13-30-21)26-9-12-29-18(2)15-26;/h4,6,13,18-20H,3,5,7-12,14-17H2,1-2H3,(H2,23,24,25);1H. The van der Waals surface area contributed by atoms with Crippen LogP contribution in [0.3, 0.4) is 0 Å². The lowest BCUT2D eigenvalue weighted by atomic mass is 10.1. The van der Waals surface area contributed by atoms with Crippen LogP contribution in [0.2, 0.25) is 0 Å². The number of guanidine groups is 1. The number of nitrogens with one attached hydrogen (secondary N) is 2. The molecule has 0 aliphatic carbocycles. The second kappa shape index (κ2) is 15.4. The molecule has 3 rings (SSSR count). The molecule has 0 radical (unpaired) electrons. The van der Waals surface area contributed by atoms with Gasteiger partial charge in [0.05, 0.1) is 38.5 Å². The van der Waals surface area contributed by atoms with Gasteiger partial charge in [-0.1, -0.05) is 6.07 Å². The van der Waals surface area contributed by atoms with Crippen molar-refractivity contribution in [1.29, 1.82) is 0 Å². The van der Waals surface area contributed by atoms with Crippen molar-refractivity contribution < 1.29 is 14.2 Å². The maximum atomic E-state index is 5.80. The van der Waals surface area contributed by atoms with Gasteiger partial charge in [0, 0.05) is 50.2 Å². The highest BCUT2D eigenvalue weighted by Crippen LogP contribution is 2.27. The van der Waals surface area contributed by atoms with E-state index in [4.69, 9.17) is 19.2 Å². The number of hydrogen-bond acceptors (Lipinski definition) is 6. The molecule has 2 saturated heterocycles. The minimum absolute atomic E-state index is 0. The van der Waals surface area contributed by atoms with Gasteiger partial charge in [0.1, 0.15) is 0 Å². The van der Waals surface area contributed by atoms with Gasteiger partial charge in [-0.2, -0.15) is 0 Å². The third kappa shape index (κ3) is 9.51. The Morgan fingerprint density at radius 1 is 1.39 bits per heavy atom. The van der Waals surface area contributed by atoms with Gasteiger partial charge in [-0.15, -0.1) is 35.3 Å². The predicted molar refractivity (Wildman–Crippen MR) is 138 cm³/mol. The number of ether oxygens (including phenoxy) is 3. The van der Waals surface area contributed by atoms with Crippen LogP contribution in [0.25, 0.3) is 0 Å². The number of nitrogens with zero attached hydrogens (tertiary/aromatic N) is 2. The number of halogens is 1. The van der Waals surface area contributed by atoms with Crippen LogP contribution in [0, 0.1) is 5.92 Å². The van der Waals surface area contributed by atoms with E-state index in [9.17, 15) is 0 Å². The average molecular weight is 567 g/mol. The number of morpholine rings is 1. The normalized spacial score (nSPS) is 23.4. The maximum Gasteiger partial charge on any atom is 0.191 e. The first-order valence-electron chi connectivity index (χ1n) is 11.3. The van der Waals surface area contributed by atoms with Gasteiger partial charge in [0.2, 0.25) is 0 Å². The Hall–Kier alpha value is -0.460. The monoisotopic (exact) mass is 566 g/mol. The lowest BCUT2D eigenvalue weighted by Crippen LogP contribution is -2.44. The van der Waals surface area contributed by atoms with Crippen LogP contribution >= 0.6 is 35.3 Å². The van der Waals surface area contributed by atoms with Crippen LogP contribution < -0.4 is 10.6 Å². The molecule has 1 aromatic heterocycles. The lowest BCUT2D eigenvalue weighted by Gasteiger charge is -2.36. The molecule has 0 amide bonds. The first-order chi connectivity index (χ1) is 14.8. The molecule has 2 aliphatic rings. The van der Waals surface area contributed by atoms with Crippen molar-refractivity contribution in [3.63, 3.8) is 0 Å².